The quantitative estimate of drug-likeness (QED) is 0.605. The van der Waals surface area contributed by atoms with Crippen LogP contribution >= 0.6 is 0 Å². The molecule has 2 atom stereocenters. The number of anilines is 2. The van der Waals surface area contributed by atoms with Gasteiger partial charge >= 0.3 is 0 Å². The highest BCUT2D eigenvalue weighted by molar-refractivity contribution is 5.34. The Labute approximate surface area is 191 Å². The average Bonchev–Trinajstić information content (AvgIpc) is 3.26. The number of benzene rings is 1. The Hall–Kier alpha value is -2.16. The second-order valence-corrected chi connectivity index (χ2v) is 9.41. The van der Waals surface area contributed by atoms with Crippen LogP contribution in [-0.4, -0.2) is 75.2 Å². The van der Waals surface area contributed by atoms with Gasteiger partial charge in [-0.15, -0.1) is 5.10 Å². The maximum absolute atomic E-state index is 11.2. The van der Waals surface area contributed by atoms with E-state index < -0.39 is 5.60 Å². The summed E-state index contributed by atoms with van der Waals surface area (Å²) in [5.74, 6) is 1.04. The van der Waals surface area contributed by atoms with E-state index in [4.69, 9.17) is 10.5 Å². The molecule has 176 valence electrons. The van der Waals surface area contributed by atoms with Crippen molar-refractivity contribution in [3.05, 3.63) is 35.4 Å². The van der Waals surface area contributed by atoms with Gasteiger partial charge in [0, 0.05) is 31.7 Å². The number of nitrogens with zero attached hydrogens (tertiary/aromatic N) is 4. The molecule has 2 aliphatic rings. The molecule has 2 fully saturated rings. The molecule has 0 spiro atoms. The van der Waals surface area contributed by atoms with Gasteiger partial charge in [-0.05, 0) is 44.6 Å². The van der Waals surface area contributed by atoms with E-state index in [1.165, 1.54) is 11.1 Å². The SMILES string of the molecule is CCC(O)(CC)[C@H]1CN(C2CCN(c3n[nH]c(N)n3)CC2)[C@@H](Cc2ccc(C)cc2)CO1. The maximum Gasteiger partial charge on any atom is 0.246 e. The highest BCUT2D eigenvalue weighted by Crippen LogP contribution is 2.31. The molecule has 0 amide bonds. The van der Waals surface area contributed by atoms with Crippen LogP contribution in [0, 0.1) is 6.92 Å². The van der Waals surface area contributed by atoms with Crippen LogP contribution in [0.2, 0.25) is 0 Å². The van der Waals surface area contributed by atoms with Crippen LogP contribution in [0.15, 0.2) is 24.3 Å². The predicted molar refractivity (Wildman–Crippen MR) is 127 cm³/mol. The third-order valence-corrected chi connectivity index (χ3v) is 7.46. The molecule has 2 aliphatic heterocycles. The minimum atomic E-state index is -0.774. The lowest BCUT2D eigenvalue weighted by Gasteiger charge is -2.49. The summed E-state index contributed by atoms with van der Waals surface area (Å²) in [5, 5.41) is 18.1. The number of hydrogen-bond donors (Lipinski definition) is 3. The number of aromatic amines is 1. The van der Waals surface area contributed by atoms with Gasteiger partial charge in [0.25, 0.3) is 0 Å². The number of ether oxygens (including phenoxy) is 1. The van der Waals surface area contributed by atoms with Crippen molar-refractivity contribution in [2.75, 3.05) is 36.9 Å². The molecular formula is C24H38N6O2. The number of piperidine rings is 1. The molecule has 3 heterocycles. The number of nitrogen functional groups attached to an aromatic ring is 1. The zero-order valence-corrected chi connectivity index (χ0v) is 19.6. The largest absolute Gasteiger partial charge is 0.387 e. The third-order valence-electron chi connectivity index (χ3n) is 7.46. The first-order valence-electron chi connectivity index (χ1n) is 12.0. The Morgan fingerprint density at radius 1 is 1.19 bits per heavy atom. The molecule has 0 unspecified atom stereocenters. The number of nitrogens with two attached hydrogens (primary N) is 1. The molecule has 0 bridgehead atoms. The van der Waals surface area contributed by atoms with Crippen molar-refractivity contribution in [2.45, 2.75) is 76.7 Å². The van der Waals surface area contributed by atoms with E-state index in [9.17, 15) is 5.11 Å². The van der Waals surface area contributed by atoms with Crippen LogP contribution < -0.4 is 10.6 Å². The minimum absolute atomic E-state index is 0.155. The van der Waals surface area contributed by atoms with Crippen LogP contribution in [0.25, 0.3) is 0 Å². The summed E-state index contributed by atoms with van der Waals surface area (Å²) in [6.45, 7) is 9.44. The number of aliphatic hydroxyl groups is 1. The molecule has 2 saturated heterocycles. The maximum atomic E-state index is 11.2. The summed E-state index contributed by atoms with van der Waals surface area (Å²) in [6, 6.07) is 9.57. The molecule has 0 radical (unpaired) electrons. The third kappa shape index (κ3) is 4.92. The molecular weight excluding hydrogens is 404 g/mol. The predicted octanol–water partition coefficient (Wildman–Crippen LogP) is 2.53. The van der Waals surface area contributed by atoms with E-state index in [1.54, 1.807) is 0 Å². The van der Waals surface area contributed by atoms with Crippen LogP contribution in [-0.2, 0) is 11.2 Å². The number of aryl methyl sites for hydroxylation is 1. The summed E-state index contributed by atoms with van der Waals surface area (Å²) >= 11 is 0. The molecule has 1 aromatic heterocycles. The van der Waals surface area contributed by atoms with Crippen molar-refractivity contribution < 1.29 is 9.84 Å². The monoisotopic (exact) mass is 442 g/mol. The topological polar surface area (TPSA) is 104 Å². The smallest absolute Gasteiger partial charge is 0.246 e. The molecule has 0 aliphatic carbocycles. The summed E-state index contributed by atoms with van der Waals surface area (Å²) in [6.07, 6.45) is 4.27. The normalized spacial score (nSPS) is 23.6. The number of aromatic nitrogens is 3. The Kier molecular flexibility index (Phi) is 7.02. The second kappa shape index (κ2) is 9.77. The fourth-order valence-electron chi connectivity index (χ4n) is 5.17. The highest BCUT2D eigenvalue weighted by atomic mass is 16.5. The van der Waals surface area contributed by atoms with Gasteiger partial charge in [-0.25, -0.2) is 5.10 Å². The minimum Gasteiger partial charge on any atom is -0.387 e. The first-order chi connectivity index (χ1) is 15.4. The zero-order chi connectivity index (χ0) is 22.7. The van der Waals surface area contributed by atoms with Crippen molar-refractivity contribution in [3.8, 4) is 0 Å². The average molecular weight is 443 g/mol. The standard InChI is InChI=1S/C24H38N6O2/c1-4-24(31,5-2)21-15-30(20(16-32-21)14-18-8-6-17(3)7-9-18)19-10-12-29(13-11-19)23-26-22(25)27-28-23/h6-9,19-21,31H,4-5,10-16H2,1-3H3,(H3,25,26,27,28)/t20-,21+/m0/s1. The lowest BCUT2D eigenvalue weighted by atomic mass is 9.87. The summed E-state index contributed by atoms with van der Waals surface area (Å²) < 4.78 is 6.31. The Morgan fingerprint density at radius 3 is 2.47 bits per heavy atom. The number of nitrogens with one attached hydrogen (secondary N) is 1. The van der Waals surface area contributed by atoms with Crippen molar-refractivity contribution >= 4 is 11.9 Å². The fraction of sp³-hybridized carbons (Fsp3) is 0.667. The van der Waals surface area contributed by atoms with Crippen molar-refractivity contribution in [2.24, 2.45) is 0 Å². The number of morpholine rings is 1. The number of H-pyrrole nitrogens is 1. The highest BCUT2D eigenvalue weighted by Gasteiger charge is 2.43. The lowest BCUT2D eigenvalue weighted by molar-refractivity contribution is -0.169. The van der Waals surface area contributed by atoms with Crippen molar-refractivity contribution in [1.29, 1.82) is 0 Å². The zero-order valence-electron chi connectivity index (χ0n) is 19.6. The fourth-order valence-corrected chi connectivity index (χ4v) is 5.17. The Bertz CT molecular complexity index is 858. The van der Waals surface area contributed by atoms with Gasteiger partial charge in [0.1, 0.15) is 0 Å². The van der Waals surface area contributed by atoms with Gasteiger partial charge in [0.2, 0.25) is 11.9 Å². The lowest BCUT2D eigenvalue weighted by Crippen LogP contribution is -2.62. The molecule has 8 nitrogen and oxygen atoms in total. The Morgan fingerprint density at radius 2 is 1.88 bits per heavy atom. The Balaban J connectivity index is 1.48. The molecule has 8 heteroatoms. The molecule has 4 rings (SSSR count). The summed E-state index contributed by atoms with van der Waals surface area (Å²) in [4.78, 5) is 9.10. The van der Waals surface area contributed by atoms with Crippen LogP contribution in [0.5, 0.6) is 0 Å². The van der Waals surface area contributed by atoms with Gasteiger partial charge in [-0.2, -0.15) is 4.98 Å². The second-order valence-electron chi connectivity index (χ2n) is 9.41. The van der Waals surface area contributed by atoms with Crippen LogP contribution in [0.4, 0.5) is 11.9 Å². The van der Waals surface area contributed by atoms with E-state index in [2.05, 4.69) is 70.0 Å². The van der Waals surface area contributed by atoms with Gasteiger partial charge < -0.3 is 20.5 Å². The summed E-state index contributed by atoms with van der Waals surface area (Å²) in [5.41, 5.74) is 7.55. The van der Waals surface area contributed by atoms with E-state index in [0.29, 0.717) is 43.4 Å². The van der Waals surface area contributed by atoms with E-state index in [0.717, 1.165) is 38.9 Å². The van der Waals surface area contributed by atoms with Crippen molar-refractivity contribution in [3.63, 3.8) is 0 Å². The molecule has 4 N–H and O–H groups in total. The summed E-state index contributed by atoms with van der Waals surface area (Å²) in [7, 11) is 0. The van der Waals surface area contributed by atoms with E-state index in [-0.39, 0.29) is 6.10 Å². The first-order valence-corrected chi connectivity index (χ1v) is 12.0. The van der Waals surface area contributed by atoms with Gasteiger partial charge in [0.05, 0.1) is 18.3 Å². The van der Waals surface area contributed by atoms with Crippen molar-refractivity contribution in [1.82, 2.24) is 20.1 Å². The molecule has 32 heavy (non-hydrogen) atoms. The van der Waals surface area contributed by atoms with Crippen LogP contribution in [0.3, 0.4) is 0 Å². The van der Waals surface area contributed by atoms with E-state index >= 15 is 0 Å². The van der Waals surface area contributed by atoms with Gasteiger partial charge in [-0.3, -0.25) is 4.90 Å². The first kappa shape index (κ1) is 23.0. The molecule has 2 aromatic rings. The number of rotatable bonds is 7. The number of hydrogen-bond acceptors (Lipinski definition) is 7. The van der Waals surface area contributed by atoms with Gasteiger partial charge in [0.15, 0.2) is 0 Å². The van der Waals surface area contributed by atoms with E-state index in [1.807, 2.05) is 0 Å². The van der Waals surface area contributed by atoms with Gasteiger partial charge in [-0.1, -0.05) is 43.7 Å². The molecule has 1 aromatic carbocycles. The molecule has 0 saturated carbocycles. The van der Waals surface area contributed by atoms with Crippen LogP contribution in [0.1, 0.15) is 50.7 Å².